The van der Waals surface area contributed by atoms with Crippen molar-refractivity contribution in [1.82, 2.24) is 5.32 Å². The van der Waals surface area contributed by atoms with Gasteiger partial charge in [0, 0.05) is 12.6 Å². The van der Waals surface area contributed by atoms with Crippen molar-refractivity contribution in [1.29, 1.82) is 0 Å². The second kappa shape index (κ2) is 12.0. The van der Waals surface area contributed by atoms with E-state index in [0.717, 1.165) is 12.1 Å². The van der Waals surface area contributed by atoms with Gasteiger partial charge in [-0.15, -0.1) is 13.2 Å². The van der Waals surface area contributed by atoms with Crippen molar-refractivity contribution in [2.45, 2.75) is 63.2 Å². The molecule has 0 radical (unpaired) electrons. The molecule has 2 aromatic rings. The largest absolute Gasteiger partial charge is 0.573 e. The third-order valence-corrected chi connectivity index (χ3v) is 6.34. The molecular weight excluding hydrogens is 533 g/mol. The Bertz CT molecular complexity index is 1020. The van der Waals surface area contributed by atoms with E-state index < -0.39 is 55.0 Å². The maximum absolute atomic E-state index is 13.4. The van der Waals surface area contributed by atoms with Crippen molar-refractivity contribution in [3.05, 3.63) is 59.7 Å². The van der Waals surface area contributed by atoms with E-state index in [4.69, 9.17) is 4.74 Å². The molecule has 0 spiro atoms. The molecule has 3 rings (SSSR count). The summed E-state index contributed by atoms with van der Waals surface area (Å²) in [5.74, 6) is -2.39. The van der Waals surface area contributed by atoms with Crippen LogP contribution in [0.25, 0.3) is 0 Å². The van der Waals surface area contributed by atoms with Gasteiger partial charge < -0.3 is 19.9 Å². The summed E-state index contributed by atoms with van der Waals surface area (Å²) in [5, 5.41) is 12.1. The first-order valence-corrected chi connectivity index (χ1v) is 11.7. The maximum Gasteiger partial charge on any atom is 0.573 e. The smallest absolute Gasteiger partial charge is 0.489 e. The maximum atomic E-state index is 13.4. The molecule has 1 saturated carbocycles. The fourth-order valence-corrected chi connectivity index (χ4v) is 4.49. The molecule has 212 valence electrons. The van der Waals surface area contributed by atoms with Gasteiger partial charge in [0.15, 0.2) is 6.10 Å². The SMILES string of the molecule is OC(CNC(c1cccc(OCc2ccc(OC(F)(F)F)cc2)c1)C1CCCC(C(F)(F)F)C1)C(F)(F)F. The molecule has 1 fully saturated rings. The molecule has 0 bridgehead atoms. The van der Waals surface area contributed by atoms with Crippen LogP contribution in [0.1, 0.15) is 42.9 Å². The fraction of sp³-hybridized carbons (Fsp3) is 0.520. The highest BCUT2D eigenvalue weighted by molar-refractivity contribution is 5.32. The lowest BCUT2D eigenvalue weighted by Gasteiger charge is -2.36. The molecule has 4 atom stereocenters. The molecule has 1 aliphatic carbocycles. The minimum atomic E-state index is -4.90. The van der Waals surface area contributed by atoms with Crippen molar-refractivity contribution in [2.24, 2.45) is 11.8 Å². The minimum absolute atomic E-state index is 0.0617. The van der Waals surface area contributed by atoms with Crippen LogP contribution in [0.4, 0.5) is 39.5 Å². The third-order valence-electron chi connectivity index (χ3n) is 6.34. The quantitative estimate of drug-likeness (QED) is 0.322. The van der Waals surface area contributed by atoms with Crippen LogP contribution < -0.4 is 14.8 Å². The zero-order valence-electron chi connectivity index (χ0n) is 19.8. The number of ether oxygens (including phenoxy) is 2. The van der Waals surface area contributed by atoms with Crippen molar-refractivity contribution in [3.63, 3.8) is 0 Å². The van der Waals surface area contributed by atoms with Crippen molar-refractivity contribution < 1.29 is 54.1 Å². The highest BCUT2D eigenvalue weighted by Crippen LogP contribution is 2.44. The highest BCUT2D eigenvalue weighted by atomic mass is 19.4. The molecule has 0 aromatic heterocycles. The number of benzene rings is 2. The number of aliphatic hydroxyl groups excluding tert-OH is 1. The Balaban J connectivity index is 1.75. The molecular formula is C25H26F9NO3. The Labute approximate surface area is 212 Å². The molecule has 0 aliphatic heterocycles. The van der Waals surface area contributed by atoms with E-state index in [1.165, 1.54) is 30.3 Å². The number of halogens is 9. The lowest BCUT2D eigenvalue weighted by Crippen LogP contribution is -2.42. The summed E-state index contributed by atoms with van der Waals surface area (Å²) >= 11 is 0. The summed E-state index contributed by atoms with van der Waals surface area (Å²) in [4.78, 5) is 0. The van der Waals surface area contributed by atoms with Crippen molar-refractivity contribution >= 4 is 0 Å². The molecule has 1 aliphatic rings. The lowest BCUT2D eigenvalue weighted by molar-refractivity contribution is -0.274. The number of alkyl halides is 9. The monoisotopic (exact) mass is 559 g/mol. The molecule has 0 heterocycles. The molecule has 2 N–H and O–H groups in total. The first-order valence-electron chi connectivity index (χ1n) is 11.7. The van der Waals surface area contributed by atoms with Gasteiger partial charge in [-0.1, -0.05) is 30.7 Å². The molecule has 38 heavy (non-hydrogen) atoms. The van der Waals surface area contributed by atoms with Gasteiger partial charge in [-0.3, -0.25) is 0 Å². The first kappa shape index (κ1) is 29.9. The van der Waals surface area contributed by atoms with Gasteiger partial charge in [0.05, 0.1) is 5.92 Å². The van der Waals surface area contributed by atoms with Gasteiger partial charge >= 0.3 is 18.7 Å². The van der Waals surface area contributed by atoms with Gasteiger partial charge in [-0.2, -0.15) is 26.3 Å². The number of aliphatic hydroxyl groups is 1. The van der Waals surface area contributed by atoms with Crippen LogP contribution in [-0.2, 0) is 6.61 Å². The standard InChI is InChI=1S/C25H26F9NO3/c26-23(27,28)18-5-1-3-16(11-18)22(35-13-21(36)24(29,30)31)17-4-2-6-20(12-17)37-14-15-7-9-19(10-8-15)38-25(32,33)34/h2,4,6-10,12,16,18,21-22,35-36H,1,3,5,11,13-14H2. The third kappa shape index (κ3) is 8.97. The van der Waals surface area contributed by atoms with Crippen LogP contribution in [0, 0.1) is 11.8 Å². The van der Waals surface area contributed by atoms with Crippen LogP contribution in [0.5, 0.6) is 11.5 Å². The number of hydrogen-bond donors (Lipinski definition) is 2. The second-order valence-corrected chi connectivity index (χ2v) is 9.16. The minimum Gasteiger partial charge on any atom is -0.489 e. The Morgan fingerprint density at radius 1 is 0.895 bits per heavy atom. The predicted octanol–water partition coefficient (Wildman–Crippen LogP) is 7.09. The van der Waals surface area contributed by atoms with Gasteiger partial charge in [-0.05, 0) is 60.6 Å². The topological polar surface area (TPSA) is 50.7 Å². The zero-order valence-corrected chi connectivity index (χ0v) is 19.8. The summed E-state index contributed by atoms with van der Waals surface area (Å²) in [6.45, 7) is -0.973. The average molecular weight is 559 g/mol. The van der Waals surface area contributed by atoms with E-state index in [9.17, 15) is 44.6 Å². The Hall–Kier alpha value is -2.67. The normalized spacial score (nSPS) is 20.6. The molecule has 13 heteroatoms. The van der Waals surface area contributed by atoms with Crippen LogP contribution in [0.15, 0.2) is 48.5 Å². The van der Waals surface area contributed by atoms with E-state index in [2.05, 4.69) is 10.1 Å². The van der Waals surface area contributed by atoms with E-state index in [1.54, 1.807) is 6.07 Å². The summed E-state index contributed by atoms with van der Waals surface area (Å²) in [6.07, 6.45) is -16.6. The Morgan fingerprint density at radius 2 is 1.58 bits per heavy atom. The Kier molecular flexibility index (Phi) is 9.45. The van der Waals surface area contributed by atoms with Gasteiger partial charge in [0.1, 0.15) is 18.1 Å². The summed E-state index contributed by atoms with van der Waals surface area (Å²) in [5.41, 5.74) is 0.881. The van der Waals surface area contributed by atoms with E-state index in [-0.39, 0.29) is 31.6 Å². The number of hydrogen-bond acceptors (Lipinski definition) is 4. The van der Waals surface area contributed by atoms with Crippen LogP contribution in [-0.4, -0.2) is 36.5 Å². The zero-order chi connectivity index (χ0) is 28.1. The van der Waals surface area contributed by atoms with Crippen LogP contribution in [0.3, 0.4) is 0 Å². The van der Waals surface area contributed by atoms with Crippen LogP contribution in [0.2, 0.25) is 0 Å². The average Bonchev–Trinajstić information content (AvgIpc) is 2.82. The van der Waals surface area contributed by atoms with E-state index >= 15 is 0 Å². The molecule has 2 aromatic carbocycles. The van der Waals surface area contributed by atoms with Crippen molar-refractivity contribution in [2.75, 3.05) is 6.54 Å². The van der Waals surface area contributed by atoms with Crippen LogP contribution >= 0.6 is 0 Å². The van der Waals surface area contributed by atoms with E-state index in [1.807, 2.05) is 0 Å². The van der Waals surface area contributed by atoms with Gasteiger partial charge in [0.2, 0.25) is 0 Å². The highest BCUT2D eigenvalue weighted by Gasteiger charge is 2.44. The number of rotatable bonds is 9. The van der Waals surface area contributed by atoms with Crippen molar-refractivity contribution in [3.8, 4) is 11.5 Å². The molecule has 0 amide bonds. The summed E-state index contributed by atoms with van der Waals surface area (Å²) in [6, 6.07) is 10.1. The molecule has 0 saturated heterocycles. The second-order valence-electron chi connectivity index (χ2n) is 9.16. The number of nitrogens with one attached hydrogen (secondary N) is 1. The molecule has 4 unspecified atom stereocenters. The fourth-order valence-electron chi connectivity index (χ4n) is 4.49. The summed E-state index contributed by atoms with van der Waals surface area (Å²) in [7, 11) is 0. The summed E-state index contributed by atoms with van der Waals surface area (Å²) < 4.78 is 125. The molecule has 4 nitrogen and oxygen atoms in total. The Morgan fingerprint density at radius 3 is 2.18 bits per heavy atom. The van der Waals surface area contributed by atoms with Gasteiger partial charge in [-0.25, -0.2) is 0 Å². The van der Waals surface area contributed by atoms with Gasteiger partial charge in [0.25, 0.3) is 0 Å². The predicted molar refractivity (Wildman–Crippen MR) is 118 cm³/mol. The lowest BCUT2D eigenvalue weighted by atomic mass is 9.75. The van der Waals surface area contributed by atoms with E-state index in [0.29, 0.717) is 17.5 Å². The first-order chi connectivity index (χ1) is 17.6.